The van der Waals surface area contributed by atoms with Crippen LogP contribution in [0, 0.1) is 5.92 Å². The summed E-state index contributed by atoms with van der Waals surface area (Å²) >= 11 is 0. The molecule has 1 atom stereocenters. The third-order valence-electron chi connectivity index (χ3n) is 2.91. The van der Waals surface area contributed by atoms with E-state index in [1.165, 1.54) is 6.07 Å². The van der Waals surface area contributed by atoms with Crippen LogP contribution >= 0.6 is 0 Å². The van der Waals surface area contributed by atoms with Gasteiger partial charge in [0.25, 0.3) is 0 Å². The molecule has 0 fully saturated rings. The first-order valence-corrected chi connectivity index (χ1v) is 5.63. The molecule has 17 heavy (non-hydrogen) atoms. The molecule has 2 rings (SSSR count). The Morgan fingerprint density at radius 3 is 2.94 bits per heavy atom. The van der Waals surface area contributed by atoms with Crippen LogP contribution in [0.25, 0.3) is 0 Å². The summed E-state index contributed by atoms with van der Waals surface area (Å²) in [5.74, 6) is -0.711. The Balaban J connectivity index is 2.26. The molecule has 4 heteroatoms. The molecule has 0 amide bonds. The number of ketones is 1. The van der Waals surface area contributed by atoms with E-state index in [2.05, 4.69) is 0 Å². The molecule has 0 saturated carbocycles. The molecule has 0 bridgehead atoms. The minimum atomic E-state index is -0.420. The summed E-state index contributed by atoms with van der Waals surface area (Å²) < 4.78 is 4.92. The zero-order valence-corrected chi connectivity index (χ0v) is 9.60. The van der Waals surface area contributed by atoms with Crippen LogP contribution in [-0.2, 0) is 16.0 Å². The summed E-state index contributed by atoms with van der Waals surface area (Å²) in [4.78, 5) is 23.4. The van der Waals surface area contributed by atoms with E-state index in [9.17, 15) is 14.7 Å². The highest BCUT2D eigenvalue weighted by atomic mass is 16.5. The average molecular weight is 234 g/mol. The van der Waals surface area contributed by atoms with Gasteiger partial charge >= 0.3 is 5.97 Å². The fourth-order valence-corrected chi connectivity index (χ4v) is 2.12. The first kappa shape index (κ1) is 11.6. The van der Waals surface area contributed by atoms with Gasteiger partial charge in [-0.15, -0.1) is 0 Å². The van der Waals surface area contributed by atoms with Crippen molar-refractivity contribution < 1.29 is 19.4 Å². The first-order valence-electron chi connectivity index (χ1n) is 5.63. The highest BCUT2D eigenvalue weighted by molar-refractivity contribution is 6.01. The maximum atomic E-state index is 11.8. The van der Waals surface area contributed by atoms with Crippen molar-refractivity contribution in [3.05, 3.63) is 29.3 Å². The number of phenolic OH excluding ortho intramolecular Hbond substituents is 1. The Morgan fingerprint density at radius 2 is 2.24 bits per heavy atom. The van der Waals surface area contributed by atoms with Crippen LogP contribution in [-0.4, -0.2) is 23.5 Å². The molecule has 0 radical (unpaired) electrons. The van der Waals surface area contributed by atoms with E-state index in [1.807, 2.05) is 0 Å². The van der Waals surface area contributed by atoms with Gasteiger partial charge in [0, 0.05) is 12.0 Å². The van der Waals surface area contributed by atoms with E-state index in [0.29, 0.717) is 18.6 Å². The lowest BCUT2D eigenvalue weighted by atomic mass is 9.83. The van der Waals surface area contributed by atoms with Crippen molar-refractivity contribution in [2.75, 3.05) is 6.61 Å². The van der Waals surface area contributed by atoms with Gasteiger partial charge < -0.3 is 9.84 Å². The normalized spacial score (nSPS) is 18.6. The van der Waals surface area contributed by atoms with Crippen molar-refractivity contribution in [3.8, 4) is 5.75 Å². The summed E-state index contributed by atoms with van der Waals surface area (Å²) in [6, 6.07) is 4.63. The van der Waals surface area contributed by atoms with Crippen LogP contribution in [0.3, 0.4) is 0 Å². The zero-order valence-electron chi connectivity index (χ0n) is 9.60. The minimum absolute atomic E-state index is 0.0655. The Bertz CT molecular complexity index is 464. The van der Waals surface area contributed by atoms with E-state index in [-0.39, 0.29) is 23.9 Å². The maximum Gasteiger partial charge on any atom is 0.309 e. The van der Waals surface area contributed by atoms with Crippen LogP contribution in [0.4, 0.5) is 0 Å². The Hall–Kier alpha value is -1.84. The molecule has 90 valence electrons. The molecule has 4 nitrogen and oxygen atoms in total. The molecule has 0 saturated heterocycles. The molecule has 0 spiro atoms. The number of carbonyl (C=O) groups excluding carboxylic acids is 2. The number of Topliss-reactive ketones (excluding diaryl/α,β-unsaturated/α-hetero) is 1. The molecule has 0 heterocycles. The van der Waals surface area contributed by atoms with Crippen LogP contribution in [0.2, 0.25) is 0 Å². The third kappa shape index (κ3) is 2.30. The molecule has 1 aliphatic rings. The van der Waals surface area contributed by atoms with Gasteiger partial charge in [0.2, 0.25) is 0 Å². The smallest absolute Gasteiger partial charge is 0.309 e. The molecule has 1 aliphatic carbocycles. The lowest BCUT2D eigenvalue weighted by molar-refractivity contribution is -0.148. The topological polar surface area (TPSA) is 63.6 Å². The molecule has 1 N–H and O–H groups in total. The van der Waals surface area contributed by atoms with Gasteiger partial charge in [-0.2, -0.15) is 0 Å². The number of benzene rings is 1. The number of hydrogen-bond donors (Lipinski definition) is 1. The fourth-order valence-electron chi connectivity index (χ4n) is 2.12. The van der Waals surface area contributed by atoms with Crippen molar-refractivity contribution in [2.24, 2.45) is 5.92 Å². The Morgan fingerprint density at radius 1 is 1.47 bits per heavy atom. The molecule has 1 aromatic carbocycles. The Labute approximate surface area is 99.2 Å². The lowest BCUT2D eigenvalue weighted by Gasteiger charge is -2.22. The van der Waals surface area contributed by atoms with E-state index in [0.717, 1.165) is 5.56 Å². The standard InChI is InChI=1S/C13H14O4/c1-2-17-13(16)9-5-8-6-10(14)3-4-11(8)12(15)7-9/h3-4,6,9,14H,2,5,7H2,1H3. The zero-order chi connectivity index (χ0) is 12.4. The molecule has 1 aromatic rings. The van der Waals surface area contributed by atoms with Crippen LogP contribution in [0.15, 0.2) is 18.2 Å². The van der Waals surface area contributed by atoms with E-state index in [4.69, 9.17) is 4.74 Å². The summed E-state index contributed by atoms with van der Waals surface area (Å²) in [7, 11) is 0. The summed E-state index contributed by atoms with van der Waals surface area (Å²) in [5, 5.41) is 9.38. The predicted octanol–water partition coefficient (Wildman–Crippen LogP) is 1.70. The van der Waals surface area contributed by atoms with Crippen molar-refractivity contribution in [2.45, 2.75) is 19.8 Å². The second-order valence-corrected chi connectivity index (χ2v) is 4.12. The SMILES string of the molecule is CCOC(=O)C1CC(=O)c2ccc(O)cc2C1. The summed E-state index contributed by atoms with van der Waals surface area (Å²) in [6.45, 7) is 2.05. The van der Waals surface area contributed by atoms with E-state index < -0.39 is 5.92 Å². The van der Waals surface area contributed by atoms with E-state index in [1.54, 1.807) is 19.1 Å². The lowest BCUT2D eigenvalue weighted by Crippen LogP contribution is -2.28. The Kier molecular flexibility index (Phi) is 3.13. The molecule has 0 aliphatic heterocycles. The molecule has 0 aromatic heterocycles. The number of phenols is 1. The average Bonchev–Trinajstić information content (AvgIpc) is 2.28. The van der Waals surface area contributed by atoms with Gasteiger partial charge in [-0.3, -0.25) is 9.59 Å². The van der Waals surface area contributed by atoms with Crippen molar-refractivity contribution in [1.82, 2.24) is 0 Å². The van der Waals surface area contributed by atoms with Crippen LogP contribution in [0.1, 0.15) is 29.3 Å². The van der Waals surface area contributed by atoms with Gasteiger partial charge in [-0.05, 0) is 37.1 Å². The first-order chi connectivity index (χ1) is 8.11. The summed E-state index contributed by atoms with van der Waals surface area (Å²) in [6.07, 6.45) is 0.644. The molecular weight excluding hydrogens is 220 g/mol. The maximum absolute atomic E-state index is 11.8. The fraction of sp³-hybridized carbons (Fsp3) is 0.385. The number of aromatic hydroxyl groups is 1. The van der Waals surface area contributed by atoms with Crippen LogP contribution in [0.5, 0.6) is 5.75 Å². The second kappa shape index (κ2) is 4.57. The second-order valence-electron chi connectivity index (χ2n) is 4.12. The number of rotatable bonds is 2. The van der Waals surface area contributed by atoms with Gasteiger partial charge in [0.15, 0.2) is 5.78 Å². The molecule has 1 unspecified atom stereocenters. The van der Waals surface area contributed by atoms with Crippen molar-refractivity contribution in [1.29, 1.82) is 0 Å². The summed E-state index contributed by atoms with van der Waals surface area (Å²) in [5.41, 5.74) is 1.32. The third-order valence-corrected chi connectivity index (χ3v) is 2.91. The monoisotopic (exact) mass is 234 g/mol. The van der Waals surface area contributed by atoms with E-state index >= 15 is 0 Å². The van der Waals surface area contributed by atoms with Gasteiger partial charge in [-0.25, -0.2) is 0 Å². The number of esters is 1. The van der Waals surface area contributed by atoms with Crippen molar-refractivity contribution in [3.63, 3.8) is 0 Å². The predicted molar refractivity (Wildman–Crippen MR) is 60.9 cm³/mol. The van der Waals surface area contributed by atoms with Crippen molar-refractivity contribution >= 4 is 11.8 Å². The largest absolute Gasteiger partial charge is 0.508 e. The number of carbonyl (C=O) groups is 2. The minimum Gasteiger partial charge on any atom is -0.508 e. The highest BCUT2D eigenvalue weighted by Gasteiger charge is 2.30. The van der Waals surface area contributed by atoms with Crippen LogP contribution < -0.4 is 0 Å². The number of ether oxygens (including phenoxy) is 1. The van der Waals surface area contributed by atoms with Gasteiger partial charge in [-0.1, -0.05) is 0 Å². The quantitative estimate of drug-likeness (QED) is 0.791. The van der Waals surface area contributed by atoms with Gasteiger partial charge in [0.05, 0.1) is 12.5 Å². The number of fused-ring (bicyclic) bond motifs is 1. The molecular formula is C13H14O4. The van der Waals surface area contributed by atoms with Gasteiger partial charge in [0.1, 0.15) is 5.75 Å². The highest BCUT2D eigenvalue weighted by Crippen LogP contribution is 2.28. The number of hydrogen-bond acceptors (Lipinski definition) is 4.